The van der Waals surface area contributed by atoms with Crippen molar-refractivity contribution >= 4 is 10.4 Å². The molecule has 0 spiro atoms. The van der Waals surface area contributed by atoms with Crippen molar-refractivity contribution in [3.63, 3.8) is 0 Å². The summed E-state index contributed by atoms with van der Waals surface area (Å²) < 4.78 is 35.2. The van der Waals surface area contributed by atoms with Gasteiger partial charge in [-0.05, 0) is 104 Å². The largest absolute Gasteiger partial charge is 0.397 e. The third-order valence-corrected chi connectivity index (χ3v) is 10.7. The Bertz CT molecular complexity index is 740. The van der Waals surface area contributed by atoms with Crippen LogP contribution in [0.15, 0.2) is 0 Å². The first-order valence-corrected chi connectivity index (χ1v) is 13.3. The van der Waals surface area contributed by atoms with Gasteiger partial charge in [-0.25, -0.2) is 4.18 Å². The molecule has 3 N–H and O–H groups in total. The van der Waals surface area contributed by atoms with Gasteiger partial charge >= 0.3 is 10.4 Å². The fraction of sp³-hybridized carbons (Fsp3) is 1.00. The van der Waals surface area contributed by atoms with Gasteiger partial charge in [0.05, 0.1) is 18.8 Å². The van der Waals surface area contributed by atoms with Gasteiger partial charge in [0.15, 0.2) is 0 Å². The molecule has 0 aromatic carbocycles. The summed E-state index contributed by atoms with van der Waals surface area (Å²) in [4.78, 5) is 0. The third kappa shape index (κ3) is 3.87. The Morgan fingerprint density at radius 1 is 1.00 bits per heavy atom. The van der Waals surface area contributed by atoms with Crippen molar-refractivity contribution < 1.29 is 27.4 Å². The predicted molar refractivity (Wildman–Crippen MR) is 114 cm³/mol. The van der Waals surface area contributed by atoms with E-state index in [1.165, 1.54) is 0 Å². The van der Waals surface area contributed by atoms with Crippen molar-refractivity contribution in [2.24, 2.45) is 46.3 Å². The molecular weight excluding hydrogens is 404 g/mol. The van der Waals surface area contributed by atoms with Gasteiger partial charge in [0.1, 0.15) is 0 Å². The minimum Gasteiger partial charge on any atom is -0.393 e. The van der Waals surface area contributed by atoms with Gasteiger partial charge in [-0.1, -0.05) is 20.8 Å². The molecule has 4 rings (SSSR count). The number of hydrogen-bond acceptors (Lipinski definition) is 5. The molecule has 0 amide bonds. The average molecular weight is 445 g/mol. The van der Waals surface area contributed by atoms with Crippen LogP contribution in [-0.4, -0.2) is 42.0 Å². The third-order valence-electron chi connectivity index (χ3n) is 10.2. The molecule has 0 bridgehead atoms. The maximum Gasteiger partial charge on any atom is 0.397 e. The second-order valence-electron chi connectivity index (χ2n) is 11.5. The Balaban J connectivity index is 1.50. The van der Waals surface area contributed by atoms with Gasteiger partial charge in [0, 0.05) is 0 Å². The molecule has 0 aromatic rings. The highest BCUT2D eigenvalue weighted by Crippen LogP contribution is 2.68. The van der Waals surface area contributed by atoms with E-state index in [9.17, 15) is 18.6 Å². The summed E-state index contributed by atoms with van der Waals surface area (Å²) >= 11 is 0. The van der Waals surface area contributed by atoms with Crippen molar-refractivity contribution in [2.75, 3.05) is 6.61 Å². The maximum atomic E-state index is 11.3. The summed E-state index contributed by atoms with van der Waals surface area (Å²) in [6.07, 6.45) is 8.30. The van der Waals surface area contributed by atoms with Crippen LogP contribution in [0.2, 0.25) is 0 Å². The van der Waals surface area contributed by atoms with Crippen molar-refractivity contribution in [1.29, 1.82) is 0 Å². The standard InChI is InChI=1S/C23H40O6S/c1-14(8-11-29-30(26,27)28)17-4-5-18-21-19(7-10-23(17,18)3)22(2)9-6-16(24)12-15(22)13-20(21)25/h14-21,24-25H,4-13H2,1-3H3,(H,26,27,28)/t14-,15+,16-,17-,18?,19?,20+,21?,22+,23-/m1/s1. The van der Waals surface area contributed by atoms with Crippen molar-refractivity contribution in [1.82, 2.24) is 0 Å². The van der Waals surface area contributed by atoms with Gasteiger partial charge in [-0.3, -0.25) is 4.55 Å². The van der Waals surface area contributed by atoms with E-state index < -0.39 is 10.4 Å². The first-order valence-electron chi connectivity index (χ1n) is 11.9. The van der Waals surface area contributed by atoms with Crippen LogP contribution in [0.1, 0.15) is 78.6 Å². The van der Waals surface area contributed by atoms with Crippen LogP contribution in [0.3, 0.4) is 0 Å². The number of aliphatic hydroxyl groups is 2. The molecule has 0 radical (unpaired) electrons. The minimum absolute atomic E-state index is 0.0218. The van der Waals surface area contributed by atoms with E-state index in [1.54, 1.807) is 0 Å². The van der Waals surface area contributed by atoms with Gasteiger partial charge in [0.25, 0.3) is 0 Å². The molecule has 30 heavy (non-hydrogen) atoms. The number of rotatable bonds is 5. The second-order valence-corrected chi connectivity index (χ2v) is 12.6. The molecular formula is C23H40O6S. The number of fused-ring (bicyclic) bond motifs is 5. The Kier molecular flexibility index (Phi) is 6.11. The van der Waals surface area contributed by atoms with Crippen LogP contribution in [-0.2, 0) is 14.6 Å². The molecule has 174 valence electrons. The van der Waals surface area contributed by atoms with Crippen molar-refractivity contribution in [3.8, 4) is 0 Å². The van der Waals surface area contributed by atoms with Crippen LogP contribution in [0, 0.1) is 46.3 Å². The normalized spacial score (nSPS) is 49.7. The smallest absolute Gasteiger partial charge is 0.393 e. The lowest BCUT2D eigenvalue weighted by Gasteiger charge is -2.62. The molecule has 4 fully saturated rings. The molecule has 7 heteroatoms. The Labute approximate surface area is 181 Å². The summed E-state index contributed by atoms with van der Waals surface area (Å²) in [5.41, 5.74) is 0.397. The zero-order valence-corrected chi connectivity index (χ0v) is 19.5. The summed E-state index contributed by atoms with van der Waals surface area (Å²) in [6, 6.07) is 0. The molecule has 3 unspecified atom stereocenters. The van der Waals surface area contributed by atoms with Crippen LogP contribution < -0.4 is 0 Å². The van der Waals surface area contributed by atoms with Gasteiger partial charge in [-0.15, -0.1) is 0 Å². The van der Waals surface area contributed by atoms with E-state index in [4.69, 9.17) is 4.55 Å². The molecule has 4 aliphatic rings. The summed E-state index contributed by atoms with van der Waals surface area (Å²) in [5, 5.41) is 21.5. The van der Waals surface area contributed by atoms with Gasteiger partial charge in [0.2, 0.25) is 0 Å². The first-order chi connectivity index (χ1) is 14.0. The highest BCUT2D eigenvalue weighted by atomic mass is 32.3. The lowest BCUT2D eigenvalue weighted by Crippen LogP contribution is -2.58. The lowest BCUT2D eigenvalue weighted by molar-refractivity contribution is -0.174. The van der Waals surface area contributed by atoms with Crippen LogP contribution >= 0.6 is 0 Å². The number of hydrogen-bond donors (Lipinski definition) is 3. The van der Waals surface area contributed by atoms with E-state index >= 15 is 0 Å². The Morgan fingerprint density at radius 2 is 1.67 bits per heavy atom. The molecule has 0 aromatic heterocycles. The second kappa shape index (κ2) is 7.98. The summed E-state index contributed by atoms with van der Waals surface area (Å²) in [7, 11) is -4.38. The fourth-order valence-corrected chi connectivity index (χ4v) is 9.02. The lowest BCUT2D eigenvalue weighted by atomic mass is 9.43. The quantitative estimate of drug-likeness (QED) is 0.557. The molecule has 0 saturated heterocycles. The predicted octanol–water partition coefficient (Wildman–Crippen LogP) is 3.82. The highest BCUT2D eigenvalue weighted by Gasteiger charge is 2.62. The molecule has 0 aliphatic heterocycles. The van der Waals surface area contributed by atoms with E-state index in [0.29, 0.717) is 41.9 Å². The van der Waals surface area contributed by atoms with Crippen LogP contribution in [0.4, 0.5) is 0 Å². The molecule has 0 heterocycles. The van der Waals surface area contributed by atoms with Gasteiger partial charge < -0.3 is 10.2 Å². The topological polar surface area (TPSA) is 104 Å². The Morgan fingerprint density at radius 3 is 2.37 bits per heavy atom. The number of aliphatic hydroxyl groups excluding tert-OH is 2. The zero-order valence-electron chi connectivity index (χ0n) is 18.7. The average Bonchev–Trinajstić information content (AvgIpc) is 2.99. The molecule has 10 atom stereocenters. The minimum atomic E-state index is -4.38. The van der Waals surface area contributed by atoms with Crippen molar-refractivity contribution in [2.45, 2.75) is 90.8 Å². The molecule has 4 saturated carbocycles. The van der Waals surface area contributed by atoms with E-state index in [1.807, 2.05) is 0 Å². The molecule has 4 aliphatic carbocycles. The zero-order chi connectivity index (χ0) is 21.9. The van der Waals surface area contributed by atoms with Crippen LogP contribution in [0.5, 0.6) is 0 Å². The highest BCUT2D eigenvalue weighted by molar-refractivity contribution is 7.80. The monoisotopic (exact) mass is 444 g/mol. The van der Waals surface area contributed by atoms with Crippen LogP contribution in [0.25, 0.3) is 0 Å². The van der Waals surface area contributed by atoms with E-state index in [0.717, 1.165) is 51.4 Å². The summed E-state index contributed by atoms with van der Waals surface area (Å²) in [6.45, 7) is 7.03. The SMILES string of the molecule is C[C@H](CCOS(=O)(=O)O)[C@H]1CCC2C3C(CC[C@@]21C)[C@@]1(C)CC[C@@H](O)C[C@H]1C[C@@H]3O. The van der Waals surface area contributed by atoms with E-state index in [2.05, 4.69) is 25.0 Å². The van der Waals surface area contributed by atoms with Gasteiger partial charge in [-0.2, -0.15) is 8.42 Å². The maximum absolute atomic E-state index is 11.3. The molecule has 6 nitrogen and oxygen atoms in total. The fourth-order valence-electron chi connectivity index (χ4n) is 8.72. The summed E-state index contributed by atoms with van der Waals surface area (Å²) in [5.74, 6) is 2.60. The van der Waals surface area contributed by atoms with Crippen molar-refractivity contribution in [3.05, 3.63) is 0 Å². The van der Waals surface area contributed by atoms with E-state index in [-0.39, 0.29) is 29.6 Å². The first kappa shape index (κ1) is 23.0. The Hall–Kier alpha value is -0.210.